The van der Waals surface area contributed by atoms with Gasteiger partial charge in [-0.3, -0.25) is 4.90 Å². The molecule has 0 amide bonds. The largest absolute Gasteiger partial charge is 0.396 e. The molecule has 6 rings (SSSR count). The highest BCUT2D eigenvalue weighted by molar-refractivity contribution is 6.30. The molecule has 11 heteroatoms. The second kappa shape index (κ2) is 11.3. The van der Waals surface area contributed by atoms with Gasteiger partial charge in [-0.05, 0) is 72.7 Å². The fourth-order valence-corrected chi connectivity index (χ4v) is 5.74. The number of aryl methyl sites for hydroxylation is 1. The van der Waals surface area contributed by atoms with Crippen molar-refractivity contribution in [2.75, 3.05) is 37.2 Å². The van der Waals surface area contributed by atoms with Gasteiger partial charge in [-0.15, -0.1) is 0 Å². The molecule has 3 aromatic carbocycles. The van der Waals surface area contributed by atoms with Gasteiger partial charge >= 0.3 is 5.82 Å². The topological polar surface area (TPSA) is 128 Å². The minimum Gasteiger partial charge on any atom is -0.396 e. The monoisotopic (exact) mass is 570 g/mol. The van der Waals surface area contributed by atoms with Gasteiger partial charge in [0.1, 0.15) is 12.7 Å². The van der Waals surface area contributed by atoms with Crippen LogP contribution in [0.5, 0.6) is 0 Å². The predicted molar refractivity (Wildman–Crippen MR) is 163 cm³/mol. The van der Waals surface area contributed by atoms with Crippen molar-refractivity contribution in [1.29, 1.82) is 0 Å². The van der Waals surface area contributed by atoms with E-state index in [0.717, 1.165) is 77.9 Å². The molecule has 0 radical (unpaired) electrons. The van der Waals surface area contributed by atoms with Crippen molar-refractivity contribution in [3.63, 3.8) is 0 Å². The van der Waals surface area contributed by atoms with Crippen LogP contribution in [0.4, 0.5) is 17.2 Å². The number of likely N-dealkylation sites (tertiary alicyclic amines) is 1. The Balaban J connectivity index is 1.18. The quantitative estimate of drug-likeness (QED) is 0.102. The van der Waals surface area contributed by atoms with Crippen LogP contribution in [0.25, 0.3) is 33.2 Å². The van der Waals surface area contributed by atoms with Gasteiger partial charge in [0.15, 0.2) is 5.82 Å². The number of nitrogens with one attached hydrogen (secondary N) is 1. The number of aromatic nitrogens is 4. The third-order valence-electron chi connectivity index (χ3n) is 7.96. The maximum absolute atomic E-state index is 11.3. The summed E-state index contributed by atoms with van der Waals surface area (Å²) in [6.45, 7) is 5.78. The molecule has 0 unspecified atom stereocenters. The van der Waals surface area contributed by atoms with E-state index >= 15 is 0 Å². The number of anilines is 2. The highest BCUT2D eigenvalue weighted by atomic mass is 35.5. The summed E-state index contributed by atoms with van der Waals surface area (Å²) in [4.78, 5) is 27.2. The van der Waals surface area contributed by atoms with Crippen LogP contribution in [0, 0.1) is 23.0 Å². The van der Waals surface area contributed by atoms with E-state index in [-0.39, 0.29) is 10.7 Å². The van der Waals surface area contributed by atoms with Crippen molar-refractivity contribution in [2.45, 2.75) is 26.3 Å². The van der Waals surface area contributed by atoms with Gasteiger partial charge in [0.05, 0.1) is 33.4 Å². The maximum Gasteiger partial charge on any atom is 0.342 e. The Morgan fingerprint density at radius 2 is 1.76 bits per heavy atom. The van der Waals surface area contributed by atoms with Gasteiger partial charge in [-0.2, -0.15) is 0 Å². The number of piperidine rings is 1. The van der Waals surface area contributed by atoms with Crippen LogP contribution in [0.3, 0.4) is 0 Å². The smallest absolute Gasteiger partial charge is 0.342 e. The molecule has 3 N–H and O–H groups in total. The Bertz CT molecular complexity index is 1730. The van der Waals surface area contributed by atoms with E-state index in [2.05, 4.69) is 15.2 Å². The van der Waals surface area contributed by atoms with Crippen LogP contribution < -0.4 is 11.1 Å². The number of rotatable bonds is 8. The predicted octanol–water partition coefficient (Wildman–Crippen LogP) is 5.92. The van der Waals surface area contributed by atoms with E-state index in [0.29, 0.717) is 29.0 Å². The number of benzene rings is 3. The molecule has 41 heavy (non-hydrogen) atoms. The zero-order chi connectivity index (χ0) is 28.5. The van der Waals surface area contributed by atoms with E-state index in [1.807, 2.05) is 54.6 Å². The summed E-state index contributed by atoms with van der Waals surface area (Å²) in [7, 11) is 0. The molecule has 10 nitrogen and oxygen atoms in total. The number of nitrogen functional groups attached to an aromatic ring is 1. The molecule has 1 saturated heterocycles. The minimum atomic E-state index is -0.372. The number of halogens is 1. The molecule has 0 saturated carbocycles. The third kappa shape index (κ3) is 5.53. The summed E-state index contributed by atoms with van der Waals surface area (Å²) in [5, 5.41) is 15.6. The van der Waals surface area contributed by atoms with Gasteiger partial charge in [-0.1, -0.05) is 35.9 Å². The van der Waals surface area contributed by atoms with Crippen molar-refractivity contribution >= 4 is 50.9 Å². The first-order chi connectivity index (χ1) is 19.9. The molecule has 2 aromatic heterocycles. The van der Waals surface area contributed by atoms with E-state index in [9.17, 15) is 10.1 Å². The lowest BCUT2D eigenvalue weighted by Gasteiger charge is -2.32. The number of para-hydroxylation sites is 2. The fraction of sp³-hybridized carbons (Fsp3) is 0.300. The van der Waals surface area contributed by atoms with E-state index in [4.69, 9.17) is 27.3 Å². The van der Waals surface area contributed by atoms with Crippen LogP contribution in [0.2, 0.25) is 5.02 Å². The molecular formula is C30H31ClN8O2. The molecule has 0 atom stereocenters. The lowest BCUT2D eigenvalue weighted by atomic mass is 9.96. The molecule has 0 spiro atoms. The first-order valence-corrected chi connectivity index (χ1v) is 14.1. The van der Waals surface area contributed by atoms with Gasteiger partial charge in [-0.25, -0.2) is 19.5 Å². The summed E-state index contributed by atoms with van der Waals surface area (Å²) >= 11 is 6.18. The number of nitrogens with zero attached hydrogens (tertiary/aromatic N) is 6. The molecular weight excluding hydrogens is 540 g/mol. The second-order valence-electron chi connectivity index (χ2n) is 10.5. The summed E-state index contributed by atoms with van der Waals surface area (Å²) in [5.41, 5.74) is 13.3. The molecule has 3 heterocycles. The molecule has 0 aliphatic carbocycles. The number of hydrogen-bond acceptors (Lipinski definition) is 8. The first-order valence-electron chi connectivity index (χ1n) is 13.7. The fourth-order valence-electron chi connectivity index (χ4n) is 5.62. The van der Waals surface area contributed by atoms with Gasteiger partial charge in [0.25, 0.3) is 0 Å². The number of nitro groups is 1. The molecule has 210 valence electrons. The Labute approximate surface area is 242 Å². The average molecular weight is 571 g/mol. The zero-order valence-corrected chi connectivity index (χ0v) is 23.5. The Morgan fingerprint density at radius 3 is 2.46 bits per heavy atom. The minimum absolute atomic E-state index is 0.0465. The Hall–Kier alpha value is -4.28. The number of fused-ring (bicyclic) bond motifs is 2. The molecule has 0 bridgehead atoms. The zero-order valence-electron chi connectivity index (χ0n) is 22.8. The molecule has 1 aliphatic heterocycles. The second-order valence-corrected chi connectivity index (χ2v) is 11.0. The number of nitrogens with two attached hydrogens (primary N) is 1. The van der Waals surface area contributed by atoms with Crippen LogP contribution in [-0.4, -0.2) is 55.5 Å². The van der Waals surface area contributed by atoms with Crippen LogP contribution in [0.15, 0.2) is 60.8 Å². The maximum atomic E-state index is 11.3. The summed E-state index contributed by atoms with van der Waals surface area (Å²) in [6.07, 6.45) is 3.39. The van der Waals surface area contributed by atoms with Crippen LogP contribution in [-0.2, 0) is 6.54 Å². The van der Waals surface area contributed by atoms with Gasteiger partial charge < -0.3 is 21.2 Å². The van der Waals surface area contributed by atoms with Crippen LogP contribution >= 0.6 is 11.6 Å². The molecule has 5 aromatic rings. The van der Waals surface area contributed by atoms with Crippen molar-refractivity contribution in [1.82, 2.24) is 24.4 Å². The van der Waals surface area contributed by atoms with E-state index in [1.54, 1.807) is 11.5 Å². The SMILES string of the molecule is Cc1ncc([N+](=O)[O-])n1CCN1CCC(CNc2cc3nc4ccccc4nc3c(-c3ccc(Cl)cc3)c2N)CC1. The Morgan fingerprint density at radius 1 is 1.05 bits per heavy atom. The van der Waals surface area contributed by atoms with Gasteiger partial charge in [0, 0.05) is 30.6 Å². The third-order valence-corrected chi connectivity index (χ3v) is 8.21. The highest BCUT2D eigenvalue weighted by Gasteiger charge is 2.23. The summed E-state index contributed by atoms with van der Waals surface area (Å²) in [5.74, 6) is 1.19. The number of imidazole rings is 1. The summed E-state index contributed by atoms with van der Waals surface area (Å²) < 4.78 is 1.68. The highest BCUT2D eigenvalue weighted by Crippen LogP contribution is 2.39. The van der Waals surface area contributed by atoms with E-state index < -0.39 is 0 Å². The lowest BCUT2D eigenvalue weighted by Crippen LogP contribution is -2.37. The normalized spacial score (nSPS) is 14.6. The van der Waals surface area contributed by atoms with Crippen LogP contribution in [0.1, 0.15) is 18.7 Å². The average Bonchev–Trinajstić information content (AvgIpc) is 3.35. The Kier molecular flexibility index (Phi) is 7.42. The van der Waals surface area contributed by atoms with Crippen molar-refractivity contribution in [2.24, 2.45) is 5.92 Å². The van der Waals surface area contributed by atoms with Crippen molar-refractivity contribution in [3.05, 3.63) is 81.8 Å². The standard InChI is InChI=1S/C30H31ClN8O2/c1-19-33-18-27(39(40)41)38(19)15-14-37-12-10-20(11-13-37)17-34-25-16-26-30(36-24-5-3-2-4-23(24)35-26)28(29(25)32)21-6-8-22(31)9-7-21/h2-9,16,18,20,34H,10-15,17,32H2,1H3. The van der Waals surface area contributed by atoms with Gasteiger partial charge in [0.2, 0.25) is 0 Å². The lowest BCUT2D eigenvalue weighted by molar-refractivity contribution is -0.392. The number of hydrogen-bond donors (Lipinski definition) is 2. The van der Waals surface area contributed by atoms with E-state index in [1.165, 1.54) is 6.20 Å². The van der Waals surface area contributed by atoms with Crippen molar-refractivity contribution in [3.8, 4) is 11.1 Å². The van der Waals surface area contributed by atoms with Crippen molar-refractivity contribution < 1.29 is 4.92 Å². The summed E-state index contributed by atoms with van der Waals surface area (Å²) in [6, 6.07) is 17.5. The molecule has 1 fully saturated rings. The first kappa shape index (κ1) is 26.9. The molecule has 1 aliphatic rings.